The number of thiophene rings is 1. The normalized spacial score (nSPS) is 19.3. The summed E-state index contributed by atoms with van der Waals surface area (Å²) >= 11 is 1.59. The molecular weight excluding hydrogens is 312 g/mol. The van der Waals surface area contributed by atoms with Crippen molar-refractivity contribution in [1.29, 1.82) is 0 Å². The van der Waals surface area contributed by atoms with Gasteiger partial charge < -0.3 is 15.2 Å². The number of aromatic nitrogens is 2. The van der Waals surface area contributed by atoms with E-state index in [4.69, 9.17) is 0 Å². The first-order valence-corrected chi connectivity index (χ1v) is 8.65. The standard InChI is InChI=1S/C16H20N4O2S/c1-11(13-5-3-9-23-13)15(21)19-12-4-2-8-20(10-12)14-16(22)18-7-6-17-14/h3,5-7,9,11-12H,2,4,8,10H2,1H3,(H,18,22)(H,19,21)/t11-,12-/m1/s1. The summed E-state index contributed by atoms with van der Waals surface area (Å²) in [7, 11) is 0. The summed E-state index contributed by atoms with van der Waals surface area (Å²) in [5, 5.41) is 5.09. The van der Waals surface area contributed by atoms with Gasteiger partial charge in [-0.3, -0.25) is 9.59 Å². The molecule has 0 saturated carbocycles. The molecule has 23 heavy (non-hydrogen) atoms. The van der Waals surface area contributed by atoms with Gasteiger partial charge in [-0.15, -0.1) is 11.3 Å². The summed E-state index contributed by atoms with van der Waals surface area (Å²) in [6.45, 7) is 3.32. The van der Waals surface area contributed by atoms with Gasteiger partial charge in [0.05, 0.1) is 5.92 Å². The lowest BCUT2D eigenvalue weighted by atomic mass is 10.0. The quantitative estimate of drug-likeness (QED) is 0.894. The molecule has 1 saturated heterocycles. The first-order valence-electron chi connectivity index (χ1n) is 7.77. The Morgan fingerprint density at radius 1 is 1.57 bits per heavy atom. The first kappa shape index (κ1) is 15.7. The van der Waals surface area contributed by atoms with Crippen molar-refractivity contribution in [2.75, 3.05) is 18.0 Å². The molecule has 0 aliphatic carbocycles. The minimum atomic E-state index is -0.188. The number of rotatable bonds is 4. The summed E-state index contributed by atoms with van der Waals surface area (Å²) in [6, 6.07) is 3.98. The number of H-pyrrole nitrogens is 1. The Morgan fingerprint density at radius 2 is 2.43 bits per heavy atom. The van der Waals surface area contributed by atoms with Crippen LogP contribution in [-0.4, -0.2) is 35.0 Å². The average molecular weight is 332 g/mol. The predicted octanol–water partition coefficient (Wildman–Crippen LogP) is 1.72. The number of nitrogens with one attached hydrogen (secondary N) is 2. The zero-order chi connectivity index (χ0) is 16.2. The Balaban J connectivity index is 1.64. The number of amides is 1. The molecule has 6 nitrogen and oxygen atoms in total. The third-order valence-corrected chi connectivity index (χ3v) is 5.17. The van der Waals surface area contributed by atoms with Gasteiger partial charge in [-0.05, 0) is 31.2 Å². The van der Waals surface area contributed by atoms with Crippen LogP contribution in [-0.2, 0) is 4.79 Å². The van der Waals surface area contributed by atoms with Crippen LogP contribution in [0.2, 0.25) is 0 Å². The summed E-state index contributed by atoms with van der Waals surface area (Å²) in [4.78, 5) is 34.1. The van der Waals surface area contributed by atoms with E-state index in [-0.39, 0.29) is 23.4 Å². The van der Waals surface area contributed by atoms with Gasteiger partial charge >= 0.3 is 0 Å². The van der Waals surface area contributed by atoms with E-state index in [1.54, 1.807) is 17.5 Å². The number of carbonyl (C=O) groups excluding carboxylic acids is 1. The summed E-state index contributed by atoms with van der Waals surface area (Å²) in [5.74, 6) is 0.315. The number of aromatic amines is 1. The Labute approximate surface area is 138 Å². The van der Waals surface area contributed by atoms with Crippen LogP contribution in [0.3, 0.4) is 0 Å². The number of hydrogen-bond acceptors (Lipinski definition) is 5. The van der Waals surface area contributed by atoms with E-state index in [2.05, 4.69) is 15.3 Å². The molecule has 0 unspecified atom stereocenters. The number of piperidine rings is 1. The van der Waals surface area contributed by atoms with Gasteiger partial charge in [-0.25, -0.2) is 4.98 Å². The highest BCUT2D eigenvalue weighted by molar-refractivity contribution is 7.10. The number of carbonyl (C=O) groups is 1. The van der Waals surface area contributed by atoms with Gasteiger partial charge in [-0.1, -0.05) is 6.07 Å². The minimum Gasteiger partial charge on any atom is -0.351 e. The Kier molecular flexibility index (Phi) is 4.76. The molecule has 0 bridgehead atoms. The first-order chi connectivity index (χ1) is 11.1. The van der Waals surface area contributed by atoms with E-state index in [9.17, 15) is 9.59 Å². The smallest absolute Gasteiger partial charge is 0.290 e. The fraction of sp³-hybridized carbons (Fsp3) is 0.438. The van der Waals surface area contributed by atoms with Crippen molar-refractivity contribution >= 4 is 23.1 Å². The molecule has 7 heteroatoms. The predicted molar refractivity (Wildman–Crippen MR) is 91.0 cm³/mol. The second-order valence-corrected chi connectivity index (χ2v) is 6.75. The van der Waals surface area contributed by atoms with Gasteiger partial charge in [0, 0.05) is 36.4 Å². The molecule has 3 heterocycles. The van der Waals surface area contributed by atoms with Crippen molar-refractivity contribution in [2.24, 2.45) is 0 Å². The molecule has 2 N–H and O–H groups in total. The average Bonchev–Trinajstić information content (AvgIpc) is 3.09. The highest BCUT2D eigenvalue weighted by atomic mass is 32.1. The molecule has 2 aromatic heterocycles. The number of hydrogen-bond donors (Lipinski definition) is 2. The van der Waals surface area contributed by atoms with Crippen molar-refractivity contribution in [3.05, 3.63) is 45.1 Å². The van der Waals surface area contributed by atoms with Crippen molar-refractivity contribution in [3.8, 4) is 0 Å². The molecule has 0 radical (unpaired) electrons. The van der Waals surface area contributed by atoms with Gasteiger partial charge in [0.15, 0.2) is 5.82 Å². The lowest BCUT2D eigenvalue weighted by molar-refractivity contribution is -0.122. The Bertz CT molecular complexity index is 713. The SMILES string of the molecule is C[C@@H](C(=O)N[C@@H]1CCCN(c2ncc[nH]c2=O)C1)c1cccs1. The van der Waals surface area contributed by atoms with Crippen molar-refractivity contribution in [1.82, 2.24) is 15.3 Å². The molecule has 122 valence electrons. The molecule has 1 amide bonds. The second-order valence-electron chi connectivity index (χ2n) is 5.77. The molecule has 1 fully saturated rings. The van der Waals surface area contributed by atoms with Gasteiger partial charge in [0.1, 0.15) is 0 Å². The monoisotopic (exact) mass is 332 g/mol. The molecule has 3 rings (SSSR count). The van der Waals surface area contributed by atoms with E-state index >= 15 is 0 Å². The lowest BCUT2D eigenvalue weighted by Crippen LogP contribution is -2.50. The van der Waals surface area contributed by atoms with Crippen LogP contribution in [0.5, 0.6) is 0 Å². The van der Waals surface area contributed by atoms with Crippen molar-refractivity contribution in [2.45, 2.75) is 31.7 Å². The molecule has 0 spiro atoms. The third kappa shape index (κ3) is 3.61. The van der Waals surface area contributed by atoms with E-state index in [1.165, 1.54) is 6.20 Å². The molecule has 2 aromatic rings. The molecule has 0 aromatic carbocycles. The fourth-order valence-corrected chi connectivity index (χ4v) is 3.63. The maximum atomic E-state index is 12.4. The van der Waals surface area contributed by atoms with Gasteiger partial charge in [-0.2, -0.15) is 0 Å². The summed E-state index contributed by atoms with van der Waals surface area (Å²) in [6.07, 6.45) is 4.95. The molecule has 2 atom stereocenters. The second kappa shape index (κ2) is 6.95. The number of anilines is 1. The highest BCUT2D eigenvalue weighted by Crippen LogP contribution is 2.22. The van der Waals surface area contributed by atoms with E-state index in [0.29, 0.717) is 12.4 Å². The topological polar surface area (TPSA) is 78.1 Å². The van der Waals surface area contributed by atoms with Crippen LogP contribution in [0.1, 0.15) is 30.6 Å². The minimum absolute atomic E-state index is 0.0363. The zero-order valence-corrected chi connectivity index (χ0v) is 13.8. The van der Waals surface area contributed by atoms with Crippen LogP contribution in [0.25, 0.3) is 0 Å². The van der Waals surface area contributed by atoms with E-state index < -0.39 is 0 Å². The van der Waals surface area contributed by atoms with Gasteiger partial charge in [0.2, 0.25) is 5.91 Å². The summed E-state index contributed by atoms with van der Waals surface area (Å²) in [5.41, 5.74) is -0.188. The Morgan fingerprint density at radius 3 is 3.17 bits per heavy atom. The van der Waals surface area contributed by atoms with E-state index in [1.807, 2.05) is 29.3 Å². The fourth-order valence-electron chi connectivity index (χ4n) is 2.85. The molecular formula is C16H20N4O2S. The largest absolute Gasteiger partial charge is 0.351 e. The van der Waals surface area contributed by atoms with Crippen LogP contribution in [0, 0.1) is 0 Å². The van der Waals surface area contributed by atoms with E-state index in [0.717, 1.165) is 24.3 Å². The van der Waals surface area contributed by atoms with Crippen LogP contribution < -0.4 is 15.8 Å². The van der Waals surface area contributed by atoms with Crippen LogP contribution in [0.15, 0.2) is 34.7 Å². The van der Waals surface area contributed by atoms with Crippen molar-refractivity contribution in [3.63, 3.8) is 0 Å². The molecule has 1 aliphatic rings. The van der Waals surface area contributed by atoms with Crippen LogP contribution in [0.4, 0.5) is 5.82 Å². The lowest BCUT2D eigenvalue weighted by Gasteiger charge is -2.33. The maximum Gasteiger partial charge on any atom is 0.290 e. The highest BCUT2D eigenvalue weighted by Gasteiger charge is 2.26. The third-order valence-electron chi connectivity index (χ3n) is 4.12. The van der Waals surface area contributed by atoms with Crippen molar-refractivity contribution < 1.29 is 4.79 Å². The zero-order valence-electron chi connectivity index (χ0n) is 13.0. The number of nitrogens with zero attached hydrogens (tertiary/aromatic N) is 2. The Hall–Kier alpha value is -2.15. The maximum absolute atomic E-state index is 12.4. The van der Waals surface area contributed by atoms with Gasteiger partial charge in [0.25, 0.3) is 5.56 Å². The molecule has 1 aliphatic heterocycles. The summed E-state index contributed by atoms with van der Waals surface area (Å²) < 4.78 is 0. The van der Waals surface area contributed by atoms with Crippen LogP contribution >= 0.6 is 11.3 Å².